The average Bonchev–Trinajstić information content (AvgIpc) is 2.64. The first kappa shape index (κ1) is 21.0. The number of amides is 1. The molecule has 1 amide bonds. The number of primary sulfonamides is 1. The summed E-state index contributed by atoms with van der Waals surface area (Å²) in [6.45, 7) is 1.78. The van der Waals surface area contributed by atoms with Crippen molar-refractivity contribution in [3.8, 4) is 11.5 Å². The van der Waals surface area contributed by atoms with Gasteiger partial charge < -0.3 is 14.4 Å². The molecular weight excluding hydrogens is 392 g/mol. The number of ether oxygens (including phenoxy) is 2. The van der Waals surface area contributed by atoms with Crippen LogP contribution in [0.4, 0.5) is 0 Å². The van der Waals surface area contributed by atoms with E-state index in [1.807, 2.05) is 0 Å². The van der Waals surface area contributed by atoms with Gasteiger partial charge >= 0.3 is 0 Å². The molecule has 0 aliphatic heterocycles. The molecule has 0 bridgehead atoms. The van der Waals surface area contributed by atoms with E-state index in [2.05, 4.69) is 0 Å². The maximum atomic E-state index is 12.9. The highest BCUT2D eigenvalue weighted by Crippen LogP contribution is 2.36. The van der Waals surface area contributed by atoms with Crippen molar-refractivity contribution >= 4 is 27.5 Å². The number of benzene rings is 2. The molecule has 2 aromatic carbocycles. The lowest BCUT2D eigenvalue weighted by Gasteiger charge is -2.26. The second kappa shape index (κ2) is 8.16. The first-order chi connectivity index (χ1) is 12.6. The number of sulfonamides is 1. The summed E-state index contributed by atoms with van der Waals surface area (Å²) in [5.74, 6) is 0.365. The summed E-state index contributed by atoms with van der Waals surface area (Å²) < 4.78 is 33.5. The molecule has 0 heterocycles. The maximum absolute atomic E-state index is 12.9. The number of halogens is 1. The number of nitrogens with two attached hydrogens (primary N) is 1. The third-order valence-electron chi connectivity index (χ3n) is 4.25. The molecule has 0 saturated carbocycles. The normalized spacial score (nSPS) is 12.4. The van der Waals surface area contributed by atoms with E-state index < -0.39 is 16.1 Å². The van der Waals surface area contributed by atoms with Gasteiger partial charge in [-0.1, -0.05) is 23.7 Å². The number of rotatable bonds is 6. The Bertz CT molecular complexity index is 962. The summed E-state index contributed by atoms with van der Waals surface area (Å²) in [6.07, 6.45) is 0. The van der Waals surface area contributed by atoms with Crippen LogP contribution in [0.5, 0.6) is 11.5 Å². The molecule has 0 radical (unpaired) electrons. The van der Waals surface area contributed by atoms with Crippen LogP contribution in [0.25, 0.3) is 0 Å². The van der Waals surface area contributed by atoms with E-state index >= 15 is 0 Å². The molecule has 7 nitrogen and oxygen atoms in total. The first-order valence-corrected chi connectivity index (χ1v) is 9.84. The lowest BCUT2D eigenvalue weighted by molar-refractivity contribution is 0.0742. The number of nitrogens with zero attached hydrogens (tertiary/aromatic N) is 1. The molecule has 9 heteroatoms. The summed E-state index contributed by atoms with van der Waals surface area (Å²) >= 11 is 6.17. The fraction of sp³-hybridized carbons (Fsp3) is 0.278. The Labute approximate surface area is 163 Å². The predicted octanol–water partition coefficient (Wildman–Crippen LogP) is 2.84. The Kier molecular flexibility index (Phi) is 6.35. The van der Waals surface area contributed by atoms with Crippen LogP contribution in [0.1, 0.15) is 28.9 Å². The predicted molar refractivity (Wildman–Crippen MR) is 103 cm³/mol. The molecule has 146 valence electrons. The topological polar surface area (TPSA) is 98.9 Å². The van der Waals surface area contributed by atoms with Crippen LogP contribution >= 0.6 is 11.6 Å². The standard InChI is InChI=1S/C18H21ClN2O5S/c1-11(12-6-5-7-14(8-12)27(20,23)24)21(2)18(22)13-9-15(19)17(26-4)16(10-13)25-3/h5-11H,1-4H3,(H2,20,23,24). The number of carbonyl (C=O) groups is 1. The van der Waals surface area contributed by atoms with Gasteiger partial charge in [0.05, 0.1) is 30.2 Å². The van der Waals surface area contributed by atoms with E-state index in [9.17, 15) is 13.2 Å². The van der Waals surface area contributed by atoms with Crippen molar-refractivity contribution in [2.75, 3.05) is 21.3 Å². The minimum atomic E-state index is -3.83. The molecule has 2 aromatic rings. The summed E-state index contributed by atoms with van der Waals surface area (Å²) in [5.41, 5.74) is 0.943. The Balaban J connectivity index is 2.36. The van der Waals surface area contributed by atoms with Crippen LogP contribution in [0, 0.1) is 0 Å². The summed E-state index contributed by atoms with van der Waals surface area (Å²) in [4.78, 5) is 14.3. The van der Waals surface area contributed by atoms with Gasteiger partial charge in [-0.3, -0.25) is 4.79 Å². The van der Waals surface area contributed by atoms with Crippen LogP contribution in [0.2, 0.25) is 5.02 Å². The van der Waals surface area contributed by atoms with E-state index in [0.29, 0.717) is 22.6 Å². The van der Waals surface area contributed by atoms with Gasteiger partial charge in [0.2, 0.25) is 10.0 Å². The molecule has 0 aliphatic carbocycles. The van der Waals surface area contributed by atoms with Crippen molar-refractivity contribution in [2.45, 2.75) is 17.9 Å². The third kappa shape index (κ3) is 4.52. The van der Waals surface area contributed by atoms with E-state index in [4.69, 9.17) is 26.2 Å². The van der Waals surface area contributed by atoms with Crippen molar-refractivity contribution in [3.63, 3.8) is 0 Å². The molecule has 1 atom stereocenters. The Morgan fingerprint density at radius 3 is 2.41 bits per heavy atom. The van der Waals surface area contributed by atoms with Gasteiger partial charge in [-0.25, -0.2) is 13.6 Å². The lowest BCUT2D eigenvalue weighted by Crippen LogP contribution is -2.30. The zero-order chi connectivity index (χ0) is 20.4. The molecule has 2 N–H and O–H groups in total. The maximum Gasteiger partial charge on any atom is 0.254 e. The zero-order valence-corrected chi connectivity index (χ0v) is 17.0. The number of methoxy groups -OCH3 is 2. The summed E-state index contributed by atoms with van der Waals surface area (Å²) in [7, 11) is 0.690. The van der Waals surface area contributed by atoms with Crippen LogP contribution < -0.4 is 14.6 Å². The second-order valence-electron chi connectivity index (χ2n) is 5.90. The van der Waals surface area contributed by atoms with Gasteiger partial charge in [-0.15, -0.1) is 0 Å². The van der Waals surface area contributed by atoms with Crippen molar-refractivity contribution in [2.24, 2.45) is 5.14 Å². The fourth-order valence-corrected chi connectivity index (χ4v) is 3.45. The summed E-state index contributed by atoms with van der Waals surface area (Å²) in [6, 6.07) is 8.78. The van der Waals surface area contributed by atoms with E-state index in [0.717, 1.165) is 0 Å². The molecule has 1 unspecified atom stereocenters. The molecule has 0 saturated heterocycles. The molecule has 0 spiro atoms. The van der Waals surface area contributed by atoms with E-state index in [-0.39, 0.29) is 15.8 Å². The minimum Gasteiger partial charge on any atom is -0.493 e. The molecule has 27 heavy (non-hydrogen) atoms. The van der Waals surface area contributed by atoms with E-state index in [1.54, 1.807) is 26.1 Å². The first-order valence-electron chi connectivity index (χ1n) is 7.91. The lowest BCUT2D eigenvalue weighted by atomic mass is 10.1. The average molecular weight is 413 g/mol. The van der Waals surface area contributed by atoms with Gasteiger partial charge in [0.15, 0.2) is 11.5 Å². The SMILES string of the molecule is COc1cc(C(=O)N(C)C(C)c2cccc(S(N)(=O)=O)c2)cc(Cl)c1OC. The molecule has 2 rings (SSSR count). The van der Waals surface area contributed by atoms with Gasteiger partial charge in [0, 0.05) is 12.6 Å². The number of hydrogen-bond acceptors (Lipinski definition) is 5. The monoisotopic (exact) mass is 412 g/mol. The smallest absolute Gasteiger partial charge is 0.254 e. The Morgan fingerprint density at radius 2 is 1.85 bits per heavy atom. The number of carbonyl (C=O) groups excluding carboxylic acids is 1. The second-order valence-corrected chi connectivity index (χ2v) is 7.87. The Hall–Kier alpha value is -2.29. The van der Waals surface area contributed by atoms with Gasteiger partial charge in [-0.2, -0.15) is 0 Å². The third-order valence-corrected chi connectivity index (χ3v) is 5.44. The van der Waals surface area contributed by atoms with Crippen molar-refractivity contribution < 1.29 is 22.7 Å². The van der Waals surface area contributed by atoms with E-state index in [1.165, 1.54) is 43.4 Å². The van der Waals surface area contributed by atoms with Crippen LogP contribution in [-0.4, -0.2) is 40.5 Å². The van der Waals surface area contributed by atoms with Gasteiger partial charge in [-0.05, 0) is 36.8 Å². The van der Waals surface area contributed by atoms with Gasteiger partial charge in [0.1, 0.15) is 0 Å². The molecule has 0 aromatic heterocycles. The van der Waals surface area contributed by atoms with Crippen molar-refractivity contribution in [1.82, 2.24) is 4.90 Å². The molecular formula is C18H21ClN2O5S. The highest BCUT2D eigenvalue weighted by atomic mass is 35.5. The molecule has 0 fully saturated rings. The zero-order valence-electron chi connectivity index (χ0n) is 15.4. The Morgan fingerprint density at radius 1 is 1.19 bits per heavy atom. The van der Waals surface area contributed by atoms with Crippen LogP contribution in [0.15, 0.2) is 41.3 Å². The highest BCUT2D eigenvalue weighted by molar-refractivity contribution is 7.89. The molecule has 0 aliphatic rings. The van der Waals surface area contributed by atoms with Crippen LogP contribution in [-0.2, 0) is 10.0 Å². The van der Waals surface area contributed by atoms with Crippen molar-refractivity contribution in [1.29, 1.82) is 0 Å². The van der Waals surface area contributed by atoms with Crippen LogP contribution in [0.3, 0.4) is 0 Å². The summed E-state index contributed by atoms with van der Waals surface area (Å²) in [5, 5.41) is 5.43. The van der Waals surface area contributed by atoms with Crippen molar-refractivity contribution in [3.05, 3.63) is 52.5 Å². The highest BCUT2D eigenvalue weighted by Gasteiger charge is 2.23. The quantitative estimate of drug-likeness (QED) is 0.786. The fourth-order valence-electron chi connectivity index (χ4n) is 2.60. The minimum absolute atomic E-state index is 0.0122. The van der Waals surface area contributed by atoms with Gasteiger partial charge in [0.25, 0.3) is 5.91 Å². The number of hydrogen-bond donors (Lipinski definition) is 1. The largest absolute Gasteiger partial charge is 0.493 e.